The molecule has 20 heteroatoms. The maximum Gasteiger partial charge on any atom is 0.382 e. The second kappa shape index (κ2) is 5.22. The molecule has 2 rings (SSSR count). The molecular formula is C11F20. The number of fused-ring (bicyclic) bond motifs is 3. The molecule has 0 aromatic rings. The first-order valence-electron chi connectivity index (χ1n) is 6.78. The Morgan fingerprint density at radius 3 is 0.419 bits per heavy atom. The van der Waals surface area contributed by atoms with Gasteiger partial charge in [0.15, 0.2) is 0 Å². The Morgan fingerprint density at radius 2 is 0.258 bits per heavy atom. The number of hydrogen-bond donors (Lipinski definition) is 0. The summed E-state index contributed by atoms with van der Waals surface area (Å²) in [6.07, 6.45) is 0. The van der Waals surface area contributed by atoms with Crippen LogP contribution >= 0.6 is 0 Å². The van der Waals surface area contributed by atoms with E-state index in [0.29, 0.717) is 0 Å². The Labute approximate surface area is 154 Å². The molecule has 0 radical (unpaired) electrons. The molecule has 0 aliphatic heterocycles. The Bertz CT molecular complexity index is 727. The molecule has 184 valence electrons. The van der Waals surface area contributed by atoms with E-state index in [1.54, 1.807) is 0 Å². The number of rotatable bonds is 0. The van der Waals surface area contributed by atoms with E-state index >= 15 is 0 Å². The minimum absolute atomic E-state index is 8.87. The van der Waals surface area contributed by atoms with E-state index in [2.05, 4.69) is 0 Å². The van der Waals surface area contributed by atoms with Gasteiger partial charge in [-0.05, 0) is 0 Å². The highest BCUT2D eigenvalue weighted by atomic mass is 19.4. The molecule has 0 aromatic heterocycles. The van der Waals surface area contributed by atoms with Gasteiger partial charge in [-0.25, -0.2) is 8.78 Å². The molecule has 31 heavy (non-hydrogen) atoms. The van der Waals surface area contributed by atoms with Crippen LogP contribution in [0.5, 0.6) is 0 Å². The molecule has 0 aromatic carbocycles. The lowest BCUT2D eigenvalue weighted by Gasteiger charge is -2.52. The maximum absolute atomic E-state index is 14.2. The second-order valence-corrected chi connectivity index (χ2v) is 6.49. The van der Waals surface area contributed by atoms with E-state index in [1.165, 1.54) is 0 Å². The van der Waals surface area contributed by atoms with Crippen LogP contribution in [-0.2, 0) is 0 Å². The van der Waals surface area contributed by atoms with Gasteiger partial charge >= 0.3 is 64.6 Å². The summed E-state index contributed by atoms with van der Waals surface area (Å²) in [6.45, 7) is 0. The molecule has 2 bridgehead atoms. The summed E-state index contributed by atoms with van der Waals surface area (Å²) in [5, 5.41) is 0. The second-order valence-electron chi connectivity index (χ2n) is 6.49. The van der Waals surface area contributed by atoms with Crippen molar-refractivity contribution in [2.45, 2.75) is 64.6 Å². The minimum atomic E-state index is -9.19. The molecule has 0 amide bonds. The number of halogens is 20. The zero-order chi connectivity index (χ0) is 25.5. The van der Waals surface area contributed by atoms with Crippen LogP contribution in [0.4, 0.5) is 87.8 Å². The smallest absolute Gasteiger partial charge is 0.223 e. The Balaban J connectivity index is 3.48. The fraction of sp³-hybridized carbons (Fsp3) is 1.00. The zero-order valence-corrected chi connectivity index (χ0v) is 13.1. The third kappa shape index (κ3) is 1.78. The molecule has 2 fully saturated rings. The van der Waals surface area contributed by atoms with Gasteiger partial charge in [-0.15, -0.1) is 0 Å². The SMILES string of the molecule is FC1(F)C(F)(F)C(F)(F)C2(F)C(F)(F)C(F)(F)C(F)(F)C(F)(C1(F)F)C(F)(F)C2(F)F. The Hall–Kier alpha value is -1.40. The van der Waals surface area contributed by atoms with Crippen molar-refractivity contribution < 1.29 is 87.8 Å². The van der Waals surface area contributed by atoms with E-state index < -0.39 is 64.6 Å². The van der Waals surface area contributed by atoms with E-state index in [4.69, 9.17) is 0 Å². The van der Waals surface area contributed by atoms with Gasteiger partial charge in [-0.3, -0.25) is 0 Å². The van der Waals surface area contributed by atoms with Crippen LogP contribution in [0, 0.1) is 0 Å². The van der Waals surface area contributed by atoms with E-state index in [0.717, 1.165) is 0 Å². The molecule has 2 aliphatic carbocycles. The lowest BCUT2D eigenvalue weighted by molar-refractivity contribution is -0.490. The summed E-state index contributed by atoms with van der Waals surface area (Å²) >= 11 is 0. The van der Waals surface area contributed by atoms with Crippen LogP contribution in [0.3, 0.4) is 0 Å². The standard InChI is InChI=1S/C11F20/c12-1-3(14,15)4(16,17)2(13,6(20,21)9(26,27)5(1,18)19)8(24,25)11(30,31)10(28,29)7(1,22)23. The quantitative estimate of drug-likeness (QED) is 0.342. The Morgan fingerprint density at radius 1 is 0.161 bits per heavy atom. The minimum Gasteiger partial charge on any atom is -0.223 e. The maximum atomic E-state index is 14.2. The largest absolute Gasteiger partial charge is 0.382 e. The van der Waals surface area contributed by atoms with Crippen LogP contribution in [0.1, 0.15) is 0 Å². The highest BCUT2D eigenvalue weighted by Gasteiger charge is 3.13. The van der Waals surface area contributed by atoms with Crippen LogP contribution in [0.2, 0.25) is 0 Å². The van der Waals surface area contributed by atoms with Gasteiger partial charge in [0, 0.05) is 0 Å². The van der Waals surface area contributed by atoms with Crippen LogP contribution < -0.4 is 0 Å². The first-order valence-corrected chi connectivity index (χ1v) is 6.78. The first kappa shape index (κ1) is 25.9. The predicted octanol–water partition coefficient (Wildman–Crippen LogP) is 6.15. The van der Waals surface area contributed by atoms with Crippen molar-refractivity contribution in [2.75, 3.05) is 0 Å². The summed E-state index contributed by atoms with van der Waals surface area (Å²) in [6, 6.07) is 0. The highest BCUT2D eigenvalue weighted by molar-refractivity contribution is 5.39. The van der Waals surface area contributed by atoms with Gasteiger partial charge in [-0.1, -0.05) is 0 Å². The van der Waals surface area contributed by atoms with Gasteiger partial charge in [0.1, 0.15) is 0 Å². The molecule has 2 unspecified atom stereocenters. The van der Waals surface area contributed by atoms with Crippen molar-refractivity contribution in [1.82, 2.24) is 0 Å². The average Bonchev–Trinajstić information content (AvgIpc) is 2.57. The highest BCUT2D eigenvalue weighted by Crippen LogP contribution is 2.79. The number of alkyl halides is 20. The van der Waals surface area contributed by atoms with Crippen molar-refractivity contribution in [3.63, 3.8) is 0 Å². The number of hydrogen-bond acceptors (Lipinski definition) is 0. The molecule has 0 saturated heterocycles. The van der Waals surface area contributed by atoms with Crippen molar-refractivity contribution >= 4 is 0 Å². The van der Waals surface area contributed by atoms with Crippen LogP contribution in [0.25, 0.3) is 0 Å². The lowest BCUT2D eigenvalue weighted by atomic mass is 9.69. The van der Waals surface area contributed by atoms with E-state index in [9.17, 15) is 87.8 Å². The molecule has 2 saturated carbocycles. The monoisotopic (exact) mass is 512 g/mol. The summed E-state index contributed by atoms with van der Waals surface area (Å²) in [4.78, 5) is 0. The van der Waals surface area contributed by atoms with E-state index in [1.807, 2.05) is 0 Å². The normalized spacial score (nSPS) is 42.2. The molecule has 0 N–H and O–H groups in total. The van der Waals surface area contributed by atoms with Crippen molar-refractivity contribution in [1.29, 1.82) is 0 Å². The molecule has 2 aliphatic rings. The fourth-order valence-electron chi connectivity index (χ4n) is 3.07. The van der Waals surface area contributed by atoms with Gasteiger partial charge in [0.2, 0.25) is 0 Å². The molecular weight excluding hydrogens is 512 g/mol. The van der Waals surface area contributed by atoms with E-state index in [-0.39, 0.29) is 0 Å². The Kier molecular flexibility index (Phi) is 4.35. The summed E-state index contributed by atoms with van der Waals surface area (Å²) < 4.78 is 273. The predicted molar refractivity (Wildman–Crippen MR) is 52.2 cm³/mol. The van der Waals surface area contributed by atoms with Gasteiger partial charge in [-0.2, -0.15) is 79.0 Å². The third-order valence-electron chi connectivity index (χ3n) is 4.96. The van der Waals surface area contributed by atoms with Crippen molar-refractivity contribution in [2.24, 2.45) is 0 Å². The summed E-state index contributed by atoms with van der Waals surface area (Å²) in [7, 11) is 0. The molecule has 0 spiro atoms. The molecule has 2 atom stereocenters. The van der Waals surface area contributed by atoms with Gasteiger partial charge in [0.25, 0.3) is 0 Å². The zero-order valence-electron chi connectivity index (χ0n) is 13.1. The summed E-state index contributed by atoms with van der Waals surface area (Å²) in [5.74, 6) is -80.8. The topological polar surface area (TPSA) is 0 Å². The third-order valence-corrected chi connectivity index (χ3v) is 4.96. The average molecular weight is 512 g/mol. The first-order chi connectivity index (χ1) is 13.0. The van der Waals surface area contributed by atoms with Gasteiger partial charge in [0.05, 0.1) is 0 Å². The van der Waals surface area contributed by atoms with Crippen molar-refractivity contribution in [3.05, 3.63) is 0 Å². The summed E-state index contributed by atoms with van der Waals surface area (Å²) in [5.41, 5.74) is -18.4. The fourth-order valence-corrected chi connectivity index (χ4v) is 3.07. The van der Waals surface area contributed by atoms with Crippen LogP contribution in [0.15, 0.2) is 0 Å². The molecule has 0 heterocycles. The van der Waals surface area contributed by atoms with Crippen molar-refractivity contribution in [3.8, 4) is 0 Å². The van der Waals surface area contributed by atoms with Gasteiger partial charge < -0.3 is 0 Å². The lowest BCUT2D eigenvalue weighted by Crippen LogP contribution is -2.86. The molecule has 0 nitrogen and oxygen atoms in total. The van der Waals surface area contributed by atoms with Crippen LogP contribution in [-0.4, -0.2) is 64.6 Å².